The number of nitrogens with zero attached hydrogens (tertiary/aromatic N) is 3. The van der Waals surface area contributed by atoms with Crippen molar-refractivity contribution in [2.75, 3.05) is 20.1 Å². The Bertz CT molecular complexity index is 1290. The SMILES string of the molecule is CN1CC[C@@H](Oc2ccc3c(c2)CN(C(=O)c2c(O)cc(C#N)cc2OCc2ccccc2)C3)C1. The number of phenols is 1. The number of likely N-dealkylation sites (N-methyl/N-ethyl adjacent to an activating group) is 1. The number of likely N-dealkylation sites (tertiary alicyclic amines) is 1. The van der Waals surface area contributed by atoms with Crippen LogP contribution in [-0.2, 0) is 19.7 Å². The topological polar surface area (TPSA) is 86.0 Å². The van der Waals surface area contributed by atoms with Crippen LogP contribution in [0.5, 0.6) is 17.2 Å². The number of ether oxygens (including phenoxy) is 2. The largest absolute Gasteiger partial charge is 0.507 e. The minimum absolute atomic E-state index is 0.0678. The lowest BCUT2D eigenvalue weighted by molar-refractivity contribution is 0.0743. The zero-order valence-electron chi connectivity index (χ0n) is 19.6. The Morgan fingerprint density at radius 1 is 1.11 bits per heavy atom. The van der Waals surface area contributed by atoms with Crippen molar-refractivity contribution >= 4 is 5.91 Å². The number of carbonyl (C=O) groups is 1. The highest BCUT2D eigenvalue weighted by atomic mass is 16.5. The van der Waals surface area contributed by atoms with Gasteiger partial charge in [-0.3, -0.25) is 4.79 Å². The Hall–Kier alpha value is -4.02. The highest BCUT2D eigenvalue weighted by Crippen LogP contribution is 2.35. The summed E-state index contributed by atoms with van der Waals surface area (Å²) in [6, 6.07) is 20.3. The van der Waals surface area contributed by atoms with Crippen molar-refractivity contribution in [3.05, 3.63) is 88.5 Å². The molecule has 0 radical (unpaired) electrons. The molecular formula is C28H27N3O4. The molecule has 1 N–H and O–H groups in total. The van der Waals surface area contributed by atoms with Crippen molar-refractivity contribution in [2.24, 2.45) is 0 Å². The normalized spacial score (nSPS) is 17.1. The van der Waals surface area contributed by atoms with Crippen LogP contribution >= 0.6 is 0 Å². The van der Waals surface area contributed by atoms with Gasteiger partial charge in [0.15, 0.2) is 0 Å². The first-order valence-corrected chi connectivity index (χ1v) is 11.7. The number of nitriles is 1. The lowest BCUT2D eigenvalue weighted by atomic mass is 10.1. The summed E-state index contributed by atoms with van der Waals surface area (Å²) >= 11 is 0. The van der Waals surface area contributed by atoms with Gasteiger partial charge in [-0.2, -0.15) is 5.26 Å². The van der Waals surface area contributed by atoms with Crippen molar-refractivity contribution in [3.8, 4) is 23.3 Å². The van der Waals surface area contributed by atoms with E-state index in [9.17, 15) is 15.2 Å². The molecule has 0 aromatic heterocycles. The van der Waals surface area contributed by atoms with E-state index in [2.05, 4.69) is 11.9 Å². The number of benzene rings is 3. The fraction of sp³-hybridized carbons (Fsp3) is 0.286. The monoisotopic (exact) mass is 469 g/mol. The molecule has 0 unspecified atom stereocenters. The summed E-state index contributed by atoms with van der Waals surface area (Å²) in [4.78, 5) is 17.5. The Kier molecular flexibility index (Phi) is 6.30. The van der Waals surface area contributed by atoms with Gasteiger partial charge in [0, 0.05) is 26.2 Å². The van der Waals surface area contributed by atoms with Crippen LogP contribution in [0.25, 0.3) is 0 Å². The summed E-state index contributed by atoms with van der Waals surface area (Å²) in [6.45, 7) is 2.99. The van der Waals surface area contributed by atoms with Crippen molar-refractivity contribution < 1.29 is 19.4 Å². The van der Waals surface area contributed by atoms with Crippen LogP contribution in [0.1, 0.15) is 39.0 Å². The van der Waals surface area contributed by atoms with Crippen LogP contribution in [0.15, 0.2) is 60.7 Å². The van der Waals surface area contributed by atoms with Gasteiger partial charge in [0.1, 0.15) is 35.5 Å². The minimum Gasteiger partial charge on any atom is -0.507 e. The van der Waals surface area contributed by atoms with E-state index in [1.165, 1.54) is 12.1 Å². The van der Waals surface area contributed by atoms with Crippen LogP contribution in [0.3, 0.4) is 0 Å². The van der Waals surface area contributed by atoms with Gasteiger partial charge in [-0.1, -0.05) is 36.4 Å². The highest BCUT2D eigenvalue weighted by Gasteiger charge is 2.30. The van der Waals surface area contributed by atoms with Crippen LogP contribution in [0.4, 0.5) is 0 Å². The van der Waals surface area contributed by atoms with E-state index >= 15 is 0 Å². The zero-order chi connectivity index (χ0) is 24.4. The maximum atomic E-state index is 13.5. The van der Waals surface area contributed by atoms with Crippen LogP contribution in [0, 0.1) is 11.3 Å². The van der Waals surface area contributed by atoms with Gasteiger partial charge >= 0.3 is 0 Å². The average Bonchev–Trinajstić information content (AvgIpc) is 3.48. The lowest BCUT2D eigenvalue weighted by Crippen LogP contribution is -2.26. The smallest absolute Gasteiger partial charge is 0.262 e. The predicted octanol–water partition coefficient (Wildman–Crippen LogP) is 4.08. The second-order valence-electron chi connectivity index (χ2n) is 9.14. The third-order valence-corrected chi connectivity index (χ3v) is 6.50. The third-order valence-electron chi connectivity index (χ3n) is 6.50. The molecule has 3 aromatic rings. The molecule has 2 heterocycles. The number of carbonyl (C=O) groups excluding carboxylic acids is 1. The van der Waals surface area contributed by atoms with E-state index in [-0.39, 0.29) is 41.2 Å². The molecule has 35 heavy (non-hydrogen) atoms. The first-order valence-electron chi connectivity index (χ1n) is 11.7. The molecule has 0 bridgehead atoms. The van der Waals surface area contributed by atoms with Crippen LogP contribution in [0.2, 0.25) is 0 Å². The summed E-state index contributed by atoms with van der Waals surface area (Å²) in [5, 5.41) is 20.0. The zero-order valence-corrected chi connectivity index (χ0v) is 19.6. The molecule has 0 aliphatic carbocycles. The van der Waals surface area contributed by atoms with Gasteiger partial charge in [-0.15, -0.1) is 0 Å². The number of amides is 1. The molecule has 178 valence electrons. The number of hydrogen-bond donors (Lipinski definition) is 1. The predicted molar refractivity (Wildman–Crippen MR) is 130 cm³/mol. The molecule has 5 rings (SSSR count). The summed E-state index contributed by atoms with van der Waals surface area (Å²) in [6.07, 6.45) is 1.18. The molecular weight excluding hydrogens is 442 g/mol. The molecule has 7 nitrogen and oxygen atoms in total. The first kappa shape index (κ1) is 22.8. The number of phenolic OH excluding ortho intramolecular Hbond substituents is 1. The van der Waals surface area contributed by atoms with Gasteiger partial charge < -0.3 is 24.4 Å². The molecule has 0 saturated carbocycles. The molecule has 3 aromatic carbocycles. The molecule has 1 amide bonds. The molecule has 1 fully saturated rings. The summed E-state index contributed by atoms with van der Waals surface area (Å²) in [7, 11) is 2.09. The van der Waals surface area contributed by atoms with Crippen molar-refractivity contribution in [1.82, 2.24) is 9.80 Å². The van der Waals surface area contributed by atoms with E-state index in [0.717, 1.165) is 42.0 Å². The van der Waals surface area contributed by atoms with Gasteiger partial charge in [0.2, 0.25) is 0 Å². The number of aromatic hydroxyl groups is 1. The second-order valence-corrected chi connectivity index (χ2v) is 9.14. The number of rotatable bonds is 6. The Labute approximate surface area is 204 Å². The molecule has 2 aliphatic rings. The van der Waals surface area contributed by atoms with Gasteiger partial charge in [0.25, 0.3) is 5.91 Å². The lowest BCUT2D eigenvalue weighted by Gasteiger charge is -2.19. The highest BCUT2D eigenvalue weighted by molar-refractivity contribution is 6.00. The van der Waals surface area contributed by atoms with Gasteiger partial charge in [-0.05, 0) is 54.4 Å². The molecule has 0 spiro atoms. The molecule has 2 aliphatic heterocycles. The Morgan fingerprint density at radius 2 is 1.91 bits per heavy atom. The fourth-order valence-corrected chi connectivity index (χ4v) is 4.66. The Morgan fingerprint density at radius 3 is 2.66 bits per heavy atom. The summed E-state index contributed by atoms with van der Waals surface area (Å²) in [5.41, 5.74) is 3.29. The van der Waals surface area contributed by atoms with Gasteiger partial charge in [-0.25, -0.2) is 0 Å². The van der Waals surface area contributed by atoms with E-state index in [0.29, 0.717) is 13.1 Å². The van der Waals surface area contributed by atoms with E-state index < -0.39 is 0 Å². The molecule has 1 saturated heterocycles. The maximum absolute atomic E-state index is 13.5. The fourth-order valence-electron chi connectivity index (χ4n) is 4.66. The standard InChI is InChI=1S/C28H27N3O4/c1-30-10-9-24(17-30)35-23-8-7-21-15-31(16-22(21)13-23)28(33)27-25(32)11-20(14-29)12-26(27)34-18-19-5-3-2-4-6-19/h2-8,11-13,24,32H,9-10,15-18H2,1H3/t24-/m1/s1. The number of fused-ring (bicyclic) bond motifs is 1. The van der Waals surface area contributed by atoms with E-state index in [4.69, 9.17) is 9.47 Å². The van der Waals surface area contributed by atoms with E-state index in [1.807, 2.05) is 54.6 Å². The van der Waals surface area contributed by atoms with Crippen LogP contribution in [-0.4, -0.2) is 47.1 Å². The van der Waals surface area contributed by atoms with Crippen LogP contribution < -0.4 is 9.47 Å². The minimum atomic E-state index is -0.342. The average molecular weight is 470 g/mol. The quantitative estimate of drug-likeness (QED) is 0.586. The molecule has 1 atom stereocenters. The van der Waals surface area contributed by atoms with Crippen molar-refractivity contribution in [1.29, 1.82) is 5.26 Å². The van der Waals surface area contributed by atoms with Crippen molar-refractivity contribution in [3.63, 3.8) is 0 Å². The Balaban J connectivity index is 1.34. The van der Waals surface area contributed by atoms with E-state index in [1.54, 1.807) is 4.90 Å². The molecule has 7 heteroatoms. The number of hydrogen-bond acceptors (Lipinski definition) is 6. The first-order chi connectivity index (χ1) is 17.0. The third kappa shape index (κ3) is 4.93. The second kappa shape index (κ2) is 9.69. The maximum Gasteiger partial charge on any atom is 0.262 e. The summed E-state index contributed by atoms with van der Waals surface area (Å²) < 4.78 is 12.1. The summed E-state index contributed by atoms with van der Waals surface area (Å²) in [5.74, 6) is 0.403. The van der Waals surface area contributed by atoms with Gasteiger partial charge in [0.05, 0.1) is 11.6 Å². The van der Waals surface area contributed by atoms with Crippen molar-refractivity contribution in [2.45, 2.75) is 32.2 Å².